The van der Waals surface area contributed by atoms with Crippen molar-refractivity contribution in [2.75, 3.05) is 13.1 Å². The van der Waals surface area contributed by atoms with Crippen molar-refractivity contribution in [2.24, 2.45) is 0 Å². The Bertz CT molecular complexity index is 258. The molecule has 6 heteroatoms. The first-order chi connectivity index (χ1) is 7.07. The smallest absolute Gasteiger partial charge is 0.310 e. The normalized spacial score (nSPS) is 11.3. The van der Waals surface area contributed by atoms with E-state index >= 15 is 0 Å². The number of aliphatic hydroxyl groups excluding tert-OH is 1. The van der Waals surface area contributed by atoms with E-state index < -0.39 is 17.9 Å². The Morgan fingerprint density at radius 3 is 2.53 bits per heavy atom. The number of aliphatic hydroxyl groups is 1. The molecule has 0 radical (unpaired) electrons. The van der Waals surface area contributed by atoms with Gasteiger partial charge in [-0.1, -0.05) is 0 Å². The monoisotopic (exact) mass is 213 g/mol. The van der Waals surface area contributed by atoms with Crippen molar-refractivity contribution < 1.29 is 14.7 Å². The fraction of sp³-hybridized carbons (Fsp3) is 0.667. The summed E-state index contributed by atoms with van der Waals surface area (Å²) >= 11 is 0. The molecule has 0 aliphatic rings. The topological polar surface area (TPSA) is 102 Å². The third-order valence-electron chi connectivity index (χ3n) is 1.62. The maximum absolute atomic E-state index is 11.0. The van der Waals surface area contributed by atoms with Crippen LogP contribution in [0, 0.1) is 11.3 Å². The van der Waals surface area contributed by atoms with Crippen LogP contribution in [0.15, 0.2) is 0 Å². The van der Waals surface area contributed by atoms with Gasteiger partial charge in [0.15, 0.2) is 0 Å². The largest absolute Gasteiger partial charge is 0.393 e. The Morgan fingerprint density at radius 1 is 1.40 bits per heavy atom. The lowest BCUT2D eigenvalue weighted by molar-refractivity contribution is -0.139. The second kappa shape index (κ2) is 7.76. The van der Waals surface area contributed by atoms with Crippen LogP contribution in [-0.2, 0) is 9.59 Å². The van der Waals surface area contributed by atoms with Crippen LogP contribution >= 0.6 is 0 Å². The van der Waals surface area contributed by atoms with Gasteiger partial charge in [-0.25, -0.2) is 0 Å². The zero-order valence-corrected chi connectivity index (χ0v) is 8.62. The number of carbonyl (C=O) groups excluding carboxylic acids is 2. The van der Waals surface area contributed by atoms with E-state index in [0.29, 0.717) is 19.4 Å². The number of hydrogen-bond acceptors (Lipinski definition) is 4. The van der Waals surface area contributed by atoms with E-state index in [-0.39, 0.29) is 6.54 Å². The molecule has 15 heavy (non-hydrogen) atoms. The summed E-state index contributed by atoms with van der Waals surface area (Å²) in [5.41, 5.74) is 0. The van der Waals surface area contributed by atoms with Gasteiger partial charge in [0.25, 0.3) is 0 Å². The van der Waals surface area contributed by atoms with Gasteiger partial charge in [-0.3, -0.25) is 9.59 Å². The average Bonchev–Trinajstić information content (AvgIpc) is 2.20. The van der Waals surface area contributed by atoms with Gasteiger partial charge in [0.2, 0.25) is 0 Å². The highest BCUT2D eigenvalue weighted by Crippen LogP contribution is 1.93. The summed E-state index contributed by atoms with van der Waals surface area (Å²) in [6.45, 7) is 1.81. The minimum atomic E-state index is -0.811. The van der Waals surface area contributed by atoms with E-state index in [2.05, 4.69) is 10.6 Å². The Balaban J connectivity index is 3.57. The van der Waals surface area contributed by atoms with Crippen LogP contribution in [0.4, 0.5) is 0 Å². The predicted octanol–water partition coefficient (Wildman–Crippen LogP) is -1.10. The van der Waals surface area contributed by atoms with Crippen LogP contribution in [0.3, 0.4) is 0 Å². The quantitative estimate of drug-likeness (QED) is 0.306. The standard InChI is InChI=1S/C9H15N3O3/c1-7(13)3-2-5-11-8(14)9(15)12-6-4-10/h7,13H,2-3,5-6H2,1H3,(H,11,14)(H,12,15). The lowest BCUT2D eigenvalue weighted by Gasteiger charge is -2.05. The zero-order valence-electron chi connectivity index (χ0n) is 8.62. The van der Waals surface area contributed by atoms with E-state index in [0.717, 1.165) is 0 Å². The summed E-state index contributed by atoms with van der Waals surface area (Å²) in [5.74, 6) is -1.57. The highest BCUT2D eigenvalue weighted by molar-refractivity contribution is 6.35. The van der Waals surface area contributed by atoms with Crippen LogP contribution in [0.2, 0.25) is 0 Å². The van der Waals surface area contributed by atoms with Crippen LogP contribution in [-0.4, -0.2) is 36.1 Å². The van der Waals surface area contributed by atoms with Crippen molar-refractivity contribution >= 4 is 11.8 Å². The van der Waals surface area contributed by atoms with Crippen LogP contribution in [0.5, 0.6) is 0 Å². The minimum Gasteiger partial charge on any atom is -0.393 e. The van der Waals surface area contributed by atoms with Crippen molar-refractivity contribution in [3.8, 4) is 6.07 Å². The molecular weight excluding hydrogens is 198 g/mol. The molecule has 0 fully saturated rings. The summed E-state index contributed by atoms with van der Waals surface area (Å²) in [4.78, 5) is 21.9. The summed E-state index contributed by atoms with van der Waals surface area (Å²) in [6, 6.07) is 1.69. The molecule has 1 unspecified atom stereocenters. The second-order valence-corrected chi connectivity index (χ2v) is 3.09. The molecule has 0 aliphatic carbocycles. The Morgan fingerprint density at radius 2 is 2.00 bits per heavy atom. The highest BCUT2D eigenvalue weighted by Gasteiger charge is 2.11. The van der Waals surface area contributed by atoms with Crippen molar-refractivity contribution in [1.29, 1.82) is 5.26 Å². The third-order valence-corrected chi connectivity index (χ3v) is 1.62. The summed E-state index contributed by atoms with van der Waals surface area (Å²) in [6.07, 6.45) is 0.768. The Kier molecular flexibility index (Phi) is 6.93. The first-order valence-electron chi connectivity index (χ1n) is 4.69. The van der Waals surface area contributed by atoms with Gasteiger partial charge in [-0.05, 0) is 19.8 Å². The number of nitrogens with zero attached hydrogens (tertiary/aromatic N) is 1. The van der Waals surface area contributed by atoms with Gasteiger partial charge < -0.3 is 15.7 Å². The van der Waals surface area contributed by atoms with E-state index in [1.54, 1.807) is 13.0 Å². The molecule has 3 N–H and O–H groups in total. The van der Waals surface area contributed by atoms with E-state index in [9.17, 15) is 9.59 Å². The van der Waals surface area contributed by atoms with Gasteiger partial charge in [-0.2, -0.15) is 5.26 Å². The van der Waals surface area contributed by atoms with Crippen LogP contribution in [0.1, 0.15) is 19.8 Å². The summed E-state index contributed by atoms with van der Waals surface area (Å²) < 4.78 is 0. The predicted molar refractivity (Wildman–Crippen MR) is 52.5 cm³/mol. The molecule has 0 spiro atoms. The zero-order chi connectivity index (χ0) is 11.7. The Labute approximate surface area is 88.3 Å². The SMILES string of the molecule is CC(O)CCCNC(=O)C(=O)NCC#N. The molecule has 0 aromatic carbocycles. The summed E-state index contributed by atoms with van der Waals surface area (Å²) in [7, 11) is 0. The molecule has 0 saturated heterocycles. The van der Waals surface area contributed by atoms with Gasteiger partial charge >= 0.3 is 11.8 Å². The molecule has 0 heterocycles. The fourth-order valence-electron chi connectivity index (χ4n) is 0.880. The van der Waals surface area contributed by atoms with Gasteiger partial charge in [0.05, 0.1) is 12.2 Å². The first-order valence-corrected chi connectivity index (χ1v) is 4.69. The summed E-state index contributed by atoms with van der Waals surface area (Å²) in [5, 5.41) is 21.6. The lowest BCUT2D eigenvalue weighted by Crippen LogP contribution is -2.40. The number of rotatable bonds is 5. The maximum atomic E-state index is 11.0. The van der Waals surface area contributed by atoms with Crippen molar-refractivity contribution in [3.05, 3.63) is 0 Å². The fourth-order valence-corrected chi connectivity index (χ4v) is 0.880. The number of carbonyl (C=O) groups is 2. The van der Waals surface area contributed by atoms with Gasteiger partial charge in [0, 0.05) is 6.54 Å². The number of nitriles is 1. The molecule has 2 amide bonds. The van der Waals surface area contributed by atoms with Gasteiger partial charge in [-0.15, -0.1) is 0 Å². The van der Waals surface area contributed by atoms with Crippen molar-refractivity contribution in [3.63, 3.8) is 0 Å². The molecule has 0 aliphatic heterocycles. The molecule has 84 valence electrons. The third kappa shape index (κ3) is 7.46. The van der Waals surface area contributed by atoms with Gasteiger partial charge in [0.1, 0.15) is 6.54 Å². The molecular formula is C9H15N3O3. The van der Waals surface area contributed by atoms with Crippen LogP contribution < -0.4 is 10.6 Å². The molecule has 0 rings (SSSR count). The minimum absolute atomic E-state index is 0.181. The number of hydrogen-bond donors (Lipinski definition) is 3. The maximum Gasteiger partial charge on any atom is 0.310 e. The van der Waals surface area contributed by atoms with E-state index in [4.69, 9.17) is 10.4 Å². The molecule has 6 nitrogen and oxygen atoms in total. The first kappa shape index (κ1) is 13.4. The number of nitrogens with one attached hydrogen (secondary N) is 2. The molecule has 1 atom stereocenters. The van der Waals surface area contributed by atoms with Crippen molar-refractivity contribution in [2.45, 2.75) is 25.9 Å². The highest BCUT2D eigenvalue weighted by atomic mass is 16.3. The van der Waals surface area contributed by atoms with E-state index in [1.165, 1.54) is 0 Å². The van der Waals surface area contributed by atoms with E-state index in [1.807, 2.05) is 0 Å². The van der Waals surface area contributed by atoms with Crippen molar-refractivity contribution in [1.82, 2.24) is 10.6 Å². The second-order valence-electron chi connectivity index (χ2n) is 3.09. The molecule has 0 aromatic heterocycles. The lowest BCUT2D eigenvalue weighted by atomic mass is 10.2. The Hall–Kier alpha value is -1.61. The average molecular weight is 213 g/mol. The molecule has 0 saturated carbocycles. The van der Waals surface area contributed by atoms with Crippen LogP contribution in [0.25, 0.3) is 0 Å². The molecule has 0 aromatic rings. The molecule has 0 bridgehead atoms. The number of amides is 2.